The SMILES string of the molecule is COc1ccc2cnc(-c3csc(NC(C)C)n3)cc2c1. The average Bonchev–Trinajstić information content (AvgIpc) is 2.93. The van der Waals surface area contributed by atoms with Crippen molar-refractivity contribution in [3.05, 3.63) is 35.8 Å². The molecule has 5 heteroatoms. The Morgan fingerprint density at radius 1 is 1.14 bits per heavy atom. The van der Waals surface area contributed by atoms with Gasteiger partial charge in [-0.2, -0.15) is 0 Å². The lowest BCUT2D eigenvalue weighted by Crippen LogP contribution is -2.09. The lowest BCUT2D eigenvalue weighted by molar-refractivity contribution is 0.415. The number of thiazole rings is 1. The molecule has 2 heterocycles. The Kier molecular flexibility index (Phi) is 3.75. The van der Waals surface area contributed by atoms with Crippen molar-refractivity contribution in [1.29, 1.82) is 0 Å². The predicted molar refractivity (Wildman–Crippen MR) is 88.2 cm³/mol. The molecule has 0 spiro atoms. The van der Waals surface area contributed by atoms with Crippen molar-refractivity contribution in [2.45, 2.75) is 19.9 Å². The minimum atomic E-state index is 0.373. The van der Waals surface area contributed by atoms with E-state index in [1.807, 2.05) is 35.8 Å². The van der Waals surface area contributed by atoms with E-state index in [2.05, 4.69) is 29.1 Å². The van der Waals surface area contributed by atoms with E-state index in [1.54, 1.807) is 18.4 Å². The van der Waals surface area contributed by atoms with Gasteiger partial charge in [0.05, 0.1) is 12.8 Å². The van der Waals surface area contributed by atoms with Gasteiger partial charge in [0.25, 0.3) is 0 Å². The molecule has 0 aliphatic heterocycles. The van der Waals surface area contributed by atoms with E-state index in [0.717, 1.165) is 33.0 Å². The van der Waals surface area contributed by atoms with Crippen molar-refractivity contribution < 1.29 is 4.74 Å². The average molecular weight is 299 g/mol. The van der Waals surface area contributed by atoms with E-state index in [9.17, 15) is 0 Å². The first-order chi connectivity index (χ1) is 10.2. The smallest absolute Gasteiger partial charge is 0.183 e. The van der Waals surface area contributed by atoms with Crippen LogP contribution in [0, 0.1) is 0 Å². The number of rotatable bonds is 4. The number of nitrogens with zero attached hydrogens (tertiary/aromatic N) is 2. The van der Waals surface area contributed by atoms with Crippen LogP contribution >= 0.6 is 11.3 Å². The summed E-state index contributed by atoms with van der Waals surface area (Å²) in [4.78, 5) is 9.08. The zero-order valence-corrected chi connectivity index (χ0v) is 13.1. The van der Waals surface area contributed by atoms with Gasteiger partial charge in [-0.25, -0.2) is 4.98 Å². The molecule has 0 bridgehead atoms. The topological polar surface area (TPSA) is 47.0 Å². The molecule has 21 heavy (non-hydrogen) atoms. The van der Waals surface area contributed by atoms with E-state index in [-0.39, 0.29) is 0 Å². The standard InChI is InChI=1S/C16H17N3OS/c1-10(2)18-16-19-15(9-21-16)14-7-12-6-13(20-3)5-4-11(12)8-17-14/h4-10H,1-3H3,(H,18,19). The molecule has 0 aliphatic carbocycles. The number of ether oxygens (including phenoxy) is 1. The predicted octanol–water partition coefficient (Wildman–Crippen LogP) is 4.19. The maximum absolute atomic E-state index is 5.27. The molecular weight excluding hydrogens is 282 g/mol. The molecular formula is C16H17N3OS. The highest BCUT2D eigenvalue weighted by Gasteiger charge is 2.08. The first kappa shape index (κ1) is 13.8. The lowest BCUT2D eigenvalue weighted by atomic mass is 10.1. The van der Waals surface area contributed by atoms with Gasteiger partial charge in [-0.15, -0.1) is 11.3 Å². The van der Waals surface area contributed by atoms with E-state index in [1.165, 1.54) is 0 Å². The van der Waals surface area contributed by atoms with Gasteiger partial charge in [0, 0.05) is 23.0 Å². The number of hydrogen-bond acceptors (Lipinski definition) is 5. The van der Waals surface area contributed by atoms with Crippen LogP contribution in [-0.4, -0.2) is 23.1 Å². The van der Waals surface area contributed by atoms with Crippen LogP contribution in [0.2, 0.25) is 0 Å². The molecule has 0 fully saturated rings. The van der Waals surface area contributed by atoms with Crippen molar-refractivity contribution in [3.8, 4) is 17.1 Å². The monoisotopic (exact) mass is 299 g/mol. The second kappa shape index (κ2) is 5.69. The summed E-state index contributed by atoms with van der Waals surface area (Å²) in [5, 5.41) is 8.46. The summed E-state index contributed by atoms with van der Waals surface area (Å²) in [5.41, 5.74) is 1.77. The molecule has 108 valence electrons. The van der Waals surface area contributed by atoms with Crippen LogP contribution in [0.4, 0.5) is 5.13 Å². The number of benzene rings is 1. The molecule has 0 amide bonds. The van der Waals surface area contributed by atoms with Gasteiger partial charge in [0.1, 0.15) is 11.4 Å². The normalized spacial score (nSPS) is 11.0. The Labute approximate surface area is 127 Å². The Morgan fingerprint density at radius 3 is 2.76 bits per heavy atom. The van der Waals surface area contributed by atoms with Gasteiger partial charge in [-0.3, -0.25) is 4.98 Å². The Bertz CT molecular complexity index is 767. The van der Waals surface area contributed by atoms with Gasteiger partial charge < -0.3 is 10.1 Å². The van der Waals surface area contributed by atoms with Crippen molar-refractivity contribution >= 4 is 27.2 Å². The summed E-state index contributed by atoms with van der Waals surface area (Å²) < 4.78 is 5.27. The van der Waals surface area contributed by atoms with Crippen LogP contribution in [0.15, 0.2) is 35.8 Å². The summed E-state index contributed by atoms with van der Waals surface area (Å²) >= 11 is 1.60. The second-order valence-electron chi connectivity index (χ2n) is 5.12. The Hall–Kier alpha value is -2.14. The van der Waals surface area contributed by atoms with Crippen LogP contribution < -0.4 is 10.1 Å². The molecule has 0 radical (unpaired) electrons. The molecule has 3 rings (SSSR count). The number of fused-ring (bicyclic) bond motifs is 1. The van der Waals surface area contributed by atoms with Crippen LogP contribution in [0.3, 0.4) is 0 Å². The van der Waals surface area contributed by atoms with Crippen molar-refractivity contribution in [3.63, 3.8) is 0 Å². The maximum atomic E-state index is 5.27. The molecule has 3 aromatic rings. The highest BCUT2D eigenvalue weighted by molar-refractivity contribution is 7.14. The van der Waals surface area contributed by atoms with E-state index in [0.29, 0.717) is 6.04 Å². The summed E-state index contributed by atoms with van der Waals surface area (Å²) in [5.74, 6) is 0.847. The number of anilines is 1. The molecule has 2 aromatic heterocycles. The lowest BCUT2D eigenvalue weighted by Gasteiger charge is -2.05. The summed E-state index contributed by atoms with van der Waals surface area (Å²) in [6.07, 6.45) is 1.87. The summed E-state index contributed by atoms with van der Waals surface area (Å²) in [6, 6.07) is 8.39. The highest BCUT2D eigenvalue weighted by atomic mass is 32.1. The number of hydrogen-bond donors (Lipinski definition) is 1. The van der Waals surface area contributed by atoms with E-state index in [4.69, 9.17) is 4.74 Å². The van der Waals surface area contributed by atoms with Gasteiger partial charge in [-0.05, 0) is 43.5 Å². The number of nitrogens with one attached hydrogen (secondary N) is 1. The fourth-order valence-electron chi connectivity index (χ4n) is 2.09. The molecule has 1 N–H and O–H groups in total. The first-order valence-corrected chi connectivity index (χ1v) is 7.70. The van der Waals surface area contributed by atoms with Crippen LogP contribution in [-0.2, 0) is 0 Å². The van der Waals surface area contributed by atoms with Crippen molar-refractivity contribution in [1.82, 2.24) is 9.97 Å². The first-order valence-electron chi connectivity index (χ1n) is 6.82. The number of methoxy groups -OCH3 is 1. The number of pyridine rings is 1. The molecule has 0 aliphatic rings. The molecule has 0 saturated heterocycles. The third-order valence-electron chi connectivity index (χ3n) is 3.11. The molecule has 1 aromatic carbocycles. The van der Waals surface area contributed by atoms with Crippen LogP contribution in [0.5, 0.6) is 5.75 Å². The van der Waals surface area contributed by atoms with Crippen molar-refractivity contribution in [2.75, 3.05) is 12.4 Å². The minimum absolute atomic E-state index is 0.373. The van der Waals surface area contributed by atoms with Crippen molar-refractivity contribution in [2.24, 2.45) is 0 Å². The fourth-order valence-corrected chi connectivity index (χ4v) is 2.94. The van der Waals surface area contributed by atoms with Gasteiger partial charge >= 0.3 is 0 Å². The minimum Gasteiger partial charge on any atom is -0.497 e. The maximum Gasteiger partial charge on any atom is 0.183 e. The zero-order chi connectivity index (χ0) is 14.8. The third kappa shape index (κ3) is 2.97. The molecule has 0 unspecified atom stereocenters. The number of aromatic nitrogens is 2. The highest BCUT2D eigenvalue weighted by Crippen LogP contribution is 2.27. The summed E-state index contributed by atoms with van der Waals surface area (Å²) in [7, 11) is 1.67. The quantitative estimate of drug-likeness (QED) is 0.785. The zero-order valence-electron chi connectivity index (χ0n) is 12.3. The fraction of sp³-hybridized carbons (Fsp3) is 0.250. The van der Waals surface area contributed by atoms with Gasteiger partial charge in [0.15, 0.2) is 5.13 Å². The molecule has 4 nitrogen and oxygen atoms in total. The second-order valence-corrected chi connectivity index (χ2v) is 5.98. The Balaban J connectivity index is 1.98. The molecule has 0 saturated carbocycles. The van der Waals surface area contributed by atoms with Gasteiger partial charge in [-0.1, -0.05) is 0 Å². The van der Waals surface area contributed by atoms with Gasteiger partial charge in [0.2, 0.25) is 0 Å². The van der Waals surface area contributed by atoms with Crippen LogP contribution in [0.25, 0.3) is 22.2 Å². The largest absolute Gasteiger partial charge is 0.497 e. The third-order valence-corrected chi connectivity index (χ3v) is 3.88. The Morgan fingerprint density at radius 2 is 2.00 bits per heavy atom. The molecule has 0 atom stereocenters. The summed E-state index contributed by atoms with van der Waals surface area (Å²) in [6.45, 7) is 4.20. The van der Waals surface area contributed by atoms with E-state index < -0.39 is 0 Å². The van der Waals surface area contributed by atoms with Crippen LogP contribution in [0.1, 0.15) is 13.8 Å². The van der Waals surface area contributed by atoms with E-state index >= 15 is 0 Å².